The Morgan fingerprint density at radius 1 is 1.10 bits per heavy atom. The minimum absolute atomic E-state index is 0.0450. The molecule has 218 valence electrons. The van der Waals surface area contributed by atoms with Gasteiger partial charge in [0.2, 0.25) is 5.95 Å². The van der Waals surface area contributed by atoms with Crippen LogP contribution in [0.4, 0.5) is 23.5 Å². The molecule has 0 amide bonds. The highest BCUT2D eigenvalue weighted by molar-refractivity contribution is 6.37. The van der Waals surface area contributed by atoms with Gasteiger partial charge in [0.25, 0.3) is 0 Å². The van der Waals surface area contributed by atoms with Crippen molar-refractivity contribution < 1.29 is 22.3 Å². The molecule has 0 unspecified atom stereocenters. The second-order valence-corrected chi connectivity index (χ2v) is 10.5. The SMILES string of the molecule is CCc1cccc(CC)c1-n1nc2c(c1-c1cc(F)c(OC)c3[nH]cc(Cl)c13)CN(c1ncc(C(F)(F)F)cn1)CC2. The number of nitrogens with one attached hydrogen (secondary N) is 1. The first-order valence-corrected chi connectivity index (χ1v) is 13.9. The summed E-state index contributed by atoms with van der Waals surface area (Å²) in [5, 5.41) is 6.04. The van der Waals surface area contributed by atoms with Gasteiger partial charge in [-0.2, -0.15) is 18.3 Å². The Balaban J connectivity index is 1.60. The number of hydrogen-bond donors (Lipinski definition) is 1. The monoisotopic (exact) mass is 598 g/mol. The van der Waals surface area contributed by atoms with Gasteiger partial charge in [0.15, 0.2) is 11.6 Å². The van der Waals surface area contributed by atoms with Crippen LogP contribution in [0.2, 0.25) is 5.02 Å². The number of rotatable bonds is 6. The number of anilines is 1. The van der Waals surface area contributed by atoms with Gasteiger partial charge < -0.3 is 14.6 Å². The molecule has 42 heavy (non-hydrogen) atoms. The number of H-pyrrole nitrogens is 1. The molecule has 0 saturated heterocycles. The van der Waals surface area contributed by atoms with Crippen molar-refractivity contribution in [2.45, 2.75) is 45.8 Å². The molecule has 12 heteroatoms. The standard InChI is InChI=1S/C30H27ClF4N6O/c1-4-16-7-6-8-17(5-2)26(16)41-27(19-11-22(32)28(42-3)25-24(19)21(31)14-36-25)20-15-40(10-9-23(20)39-41)29-37-12-18(13-38-29)30(33,34)35/h6-8,11-14,36H,4-5,9-10,15H2,1-3H3. The van der Waals surface area contributed by atoms with Crippen molar-refractivity contribution in [2.75, 3.05) is 18.6 Å². The number of hydrogen-bond acceptors (Lipinski definition) is 5. The van der Waals surface area contributed by atoms with Crippen molar-refractivity contribution in [3.8, 4) is 22.7 Å². The number of benzene rings is 2. The lowest BCUT2D eigenvalue weighted by Gasteiger charge is -2.27. The Hall–Kier alpha value is -4.12. The fourth-order valence-corrected chi connectivity index (χ4v) is 5.96. The molecule has 0 atom stereocenters. The maximum absolute atomic E-state index is 15.6. The van der Waals surface area contributed by atoms with Gasteiger partial charge in [-0.25, -0.2) is 19.0 Å². The van der Waals surface area contributed by atoms with E-state index in [1.165, 1.54) is 13.2 Å². The number of aromatic amines is 1. The molecule has 0 aliphatic carbocycles. The van der Waals surface area contributed by atoms with E-state index >= 15 is 4.39 Å². The van der Waals surface area contributed by atoms with Crippen LogP contribution in [0.3, 0.4) is 0 Å². The molecular weight excluding hydrogens is 572 g/mol. The predicted octanol–water partition coefficient (Wildman–Crippen LogP) is 7.32. The Kier molecular flexibility index (Phi) is 7.08. The molecule has 1 N–H and O–H groups in total. The highest BCUT2D eigenvalue weighted by Crippen LogP contribution is 2.44. The fourth-order valence-electron chi connectivity index (χ4n) is 5.71. The Morgan fingerprint density at radius 3 is 2.40 bits per heavy atom. The largest absolute Gasteiger partial charge is 0.492 e. The zero-order chi connectivity index (χ0) is 29.8. The van der Waals surface area contributed by atoms with E-state index in [0.29, 0.717) is 40.1 Å². The van der Waals surface area contributed by atoms with Crippen molar-refractivity contribution in [3.63, 3.8) is 0 Å². The molecule has 0 spiro atoms. The fraction of sp³-hybridized carbons (Fsp3) is 0.300. The van der Waals surface area contributed by atoms with Crippen LogP contribution in [0.5, 0.6) is 5.75 Å². The number of nitrogens with zero attached hydrogens (tertiary/aromatic N) is 5. The number of alkyl halides is 3. The summed E-state index contributed by atoms with van der Waals surface area (Å²) in [4.78, 5) is 12.9. The van der Waals surface area contributed by atoms with Crippen LogP contribution < -0.4 is 9.64 Å². The molecule has 1 aliphatic heterocycles. The van der Waals surface area contributed by atoms with Gasteiger partial charge in [-0.1, -0.05) is 43.6 Å². The lowest BCUT2D eigenvalue weighted by molar-refractivity contribution is -0.138. The Morgan fingerprint density at radius 2 is 1.79 bits per heavy atom. The summed E-state index contributed by atoms with van der Waals surface area (Å²) in [6, 6.07) is 7.52. The third-order valence-corrected chi connectivity index (χ3v) is 8.03. The van der Waals surface area contributed by atoms with Crippen LogP contribution >= 0.6 is 11.6 Å². The summed E-state index contributed by atoms with van der Waals surface area (Å²) in [7, 11) is 1.39. The van der Waals surface area contributed by atoms with Crippen LogP contribution in [-0.2, 0) is 32.0 Å². The van der Waals surface area contributed by atoms with E-state index < -0.39 is 17.6 Å². The number of aromatic nitrogens is 5. The van der Waals surface area contributed by atoms with E-state index in [2.05, 4.69) is 40.9 Å². The van der Waals surface area contributed by atoms with Gasteiger partial charge in [-0.3, -0.25) is 0 Å². The van der Waals surface area contributed by atoms with E-state index in [9.17, 15) is 13.2 Å². The average Bonchev–Trinajstić information content (AvgIpc) is 3.56. The van der Waals surface area contributed by atoms with Crippen molar-refractivity contribution in [1.29, 1.82) is 0 Å². The maximum atomic E-state index is 15.6. The molecule has 0 saturated carbocycles. The lowest BCUT2D eigenvalue weighted by atomic mass is 9.97. The molecule has 4 heterocycles. The normalized spacial score (nSPS) is 13.6. The van der Waals surface area contributed by atoms with E-state index in [0.717, 1.165) is 53.3 Å². The van der Waals surface area contributed by atoms with E-state index in [4.69, 9.17) is 21.4 Å². The van der Waals surface area contributed by atoms with Gasteiger partial charge in [0, 0.05) is 54.6 Å². The predicted molar refractivity (Wildman–Crippen MR) is 153 cm³/mol. The smallest absolute Gasteiger partial charge is 0.419 e. The number of ether oxygens (including phenoxy) is 1. The molecule has 3 aromatic heterocycles. The van der Waals surface area contributed by atoms with Crippen LogP contribution in [0.25, 0.3) is 27.8 Å². The first-order chi connectivity index (χ1) is 20.2. The number of fused-ring (bicyclic) bond motifs is 2. The van der Waals surface area contributed by atoms with Gasteiger partial charge >= 0.3 is 6.18 Å². The first kappa shape index (κ1) is 28.0. The summed E-state index contributed by atoms with van der Waals surface area (Å²) in [5.41, 5.74) is 5.32. The summed E-state index contributed by atoms with van der Waals surface area (Å²) in [6.45, 7) is 4.84. The van der Waals surface area contributed by atoms with E-state index in [1.54, 1.807) is 11.1 Å². The summed E-state index contributed by atoms with van der Waals surface area (Å²) in [5.74, 6) is -0.358. The molecule has 0 radical (unpaired) electrons. The highest BCUT2D eigenvalue weighted by Gasteiger charge is 2.33. The number of para-hydroxylation sites is 1. The van der Waals surface area contributed by atoms with Gasteiger partial charge in [-0.15, -0.1) is 0 Å². The maximum Gasteiger partial charge on any atom is 0.419 e. The molecule has 0 fully saturated rings. The van der Waals surface area contributed by atoms with Gasteiger partial charge in [0.05, 0.1) is 40.3 Å². The highest BCUT2D eigenvalue weighted by atomic mass is 35.5. The molecule has 0 bridgehead atoms. The summed E-state index contributed by atoms with van der Waals surface area (Å²) < 4.78 is 62.3. The van der Waals surface area contributed by atoms with E-state index in [-0.39, 0.29) is 18.2 Å². The van der Waals surface area contributed by atoms with Crippen LogP contribution in [-0.4, -0.2) is 38.4 Å². The minimum atomic E-state index is -4.54. The zero-order valence-electron chi connectivity index (χ0n) is 23.1. The van der Waals surface area contributed by atoms with Crippen LogP contribution in [0.1, 0.15) is 41.8 Å². The third kappa shape index (κ3) is 4.56. The second-order valence-electron chi connectivity index (χ2n) is 10.1. The molecule has 2 aromatic carbocycles. The van der Waals surface area contributed by atoms with Crippen molar-refractivity contribution in [1.82, 2.24) is 24.7 Å². The average molecular weight is 599 g/mol. The minimum Gasteiger partial charge on any atom is -0.492 e. The van der Waals surface area contributed by atoms with Crippen molar-refractivity contribution >= 4 is 28.5 Å². The Bertz CT molecular complexity index is 1770. The summed E-state index contributed by atoms with van der Waals surface area (Å²) in [6.07, 6.45) is 0.601. The quantitative estimate of drug-likeness (QED) is 0.207. The van der Waals surface area contributed by atoms with Crippen LogP contribution in [0, 0.1) is 5.82 Å². The van der Waals surface area contributed by atoms with Crippen molar-refractivity contribution in [3.05, 3.63) is 81.6 Å². The van der Waals surface area contributed by atoms with Gasteiger partial charge in [0.1, 0.15) is 0 Å². The molecule has 6 rings (SSSR count). The Labute approximate surface area is 244 Å². The summed E-state index contributed by atoms with van der Waals surface area (Å²) >= 11 is 6.69. The number of halogens is 5. The lowest BCUT2D eigenvalue weighted by Crippen LogP contribution is -2.31. The molecule has 1 aliphatic rings. The number of aryl methyl sites for hydroxylation is 2. The molecule has 7 nitrogen and oxygen atoms in total. The van der Waals surface area contributed by atoms with Gasteiger partial charge in [-0.05, 0) is 30.0 Å². The van der Waals surface area contributed by atoms with E-state index in [1.807, 2.05) is 10.7 Å². The van der Waals surface area contributed by atoms with Crippen molar-refractivity contribution in [2.24, 2.45) is 0 Å². The third-order valence-electron chi connectivity index (χ3n) is 7.74. The molecule has 5 aromatic rings. The number of methoxy groups -OCH3 is 1. The topological polar surface area (TPSA) is 71.9 Å². The molecular formula is C30H27ClF4N6O. The first-order valence-electron chi connectivity index (χ1n) is 13.6. The van der Waals surface area contributed by atoms with Crippen LogP contribution in [0.15, 0.2) is 42.9 Å². The second kappa shape index (κ2) is 10.6. The zero-order valence-corrected chi connectivity index (χ0v) is 23.9.